The Morgan fingerprint density at radius 2 is 1.90 bits per heavy atom. The van der Waals surface area contributed by atoms with Crippen molar-refractivity contribution in [2.45, 2.75) is 0 Å². The molecule has 0 N–H and O–H groups in total. The third-order valence-electron chi connectivity index (χ3n) is 0.956. The van der Waals surface area contributed by atoms with Gasteiger partial charge in [0.2, 0.25) is 0 Å². The highest BCUT2D eigenvalue weighted by Gasteiger charge is 1.86. The molecule has 0 spiro atoms. The van der Waals surface area contributed by atoms with Crippen molar-refractivity contribution >= 4 is 0 Å². The van der Waals surface area contributed by atoms with Gasteiger partial charge >= 0.3 is 0 Å². The molecule has 1 rings (SSSR count). The second kappa shape index (κ2) is 3.56. The van der Waals surface area contributed by atoms with E-state index in [0.717, 1.165) is 0 Å². The van der Waals surface area contributed by atoms with Crippen molar-refractivity contribution in [2.75, 3.05) is 0 Å². The summed E-state index contributed by atoms with van der Waals surface area (Å²) in [6.45, 7) is 3.33. The smallest absolute Gasteiger partial charge is 0.178 e. The maximum Gasteiger partial charge on any atom is 0.178 e. The third kappa shape index (κ3) is 1.82. The molecule has 1 aromatic rings. The summed E-state index contributed by atoms with van der Waals surface area (Å²) in [5.41, 5.74) is 0. The first-order valence-electron chi connectivity index (χ1n) is 2.93. The minimum absolute atomic E-state index is 0.669. The minimum atomic E-state index is 0.669. The molecule has 10 heavy (non-hydrogen) atoms. The van der Waals surface area contributed by atoms with Crippen molar-refractivity contribution in [3.05, 3.63) is 43.2 Å². The molecule has 0 aliphatic heterocycles. The summed E-state index contributed by atoms with van der Waals surface area (Å²) in [5, 5.41) is 0. The van der Waals surface area contributed by atoms with Crippen LogP contribution in [0, 0.1) is 0 Å². The van der Waals surface area contributed by atoms with Crippen LogP contribution in [0.15, 0.2) is 43.2 Å². The van der Waals surface area contributed by atoms with Crippen LogP contribution in [0.4, 0.5) is 0 Å². The molecule has 0 heterocycles. The van der Waals surface area contributed by atoms with Crippen LogP contribution in [0.25, 0.3) is 0 Å². The van der Waals surface area contributed by atoms with Gasteiger partial charge in [0.1, 0.15) is 6.26 Å². The van der Waals surface area contributed by atoms with Crippen LogP contribution < -0.4 is 4.89 Å². The van der Waals surface area contributed by atoms with Crippen molar-refractivity contribution in [1.82, 2.24) is 0 Å². The molecule has 0 radical (unpaired) electrons. The number of benzene rings is 1. The van der Waals surface area contributed by atoms with Crippen molar-refractivity contribution < 1.29 is 9.78 Å². The first-order chi connectivity index (χ1) is 4.93. The van der Waals surface area contributed by atoms with Crippen LogP contribution in [0.2, 0.25) is 0 Å². The van der Waals surface area contributed by atoms with Crippen LogP contribution in [0.3, 0.4) is 0 Å². The Balaban J connectivity index is 2.50. The van der Waals surface area contributed by atoms with E-state index in [4.69, 9.17) is 4.89 Å². The standard InChI is InChI=1S/C8H8O2/c1-2-9-10-8-6-4-3-5-7-8/h2-7H,1H2. The second-order valence-electron chi connectivity index (χ2n) is 1.66. The van der Waals surface area contributed by atoms with Crippen LogP contribution in [-0.4, -0.2) is 0 Å². The lowest BCUT2D eigenvalue weighted by atomic mass is 10.3. The van der Waals surface area contributed by atoms with E-state index in [2.05, 4.69) is 11.5 Å². The van der Waals surface area contributed by atoms with Gasteiger partial charge in [0.05, 0.1) is 0 Å². The lowest BCUT2D eigenvalue weighted by Crippen LogP contribution is -1.87. The molecule has 2 heteroatoms. The summed E-state index contributed by atoms with van der Waals surface area (Å²) in [7, 11) is 0. The largest absolute Gasteiger partial charge is 0.299 e. The lowest BCUT2D eigenvalue weighted by molar-refractivity contribution is -0.148. The molecule has 1 aromatic carbocycles. The van der Waals surface area contributed by atoms with Crippen molar-refractivity contribution in [3.8, 4) is 5.75 Å². The number of rotatable bonds is 3. The van der Waals surface area contributed by atoms with Gasteiger partial charge in [0.25, 0.3) is 0 Å². The fourth-order valence-electron chi connectivity index (χ4n) is 0.566. The molecular formula is C8H8O2. The molecule has 0 aromatic heterocycles. The van der Waals surface area contributed by atoms with Gasteiger partial charge in [0.15, 0.2) is 5.75 Å². The SMILES string of the molecule is C=COOc1ccccc1. The summed E-state index contributed by atoms with van der Waals surface area (Å²) in [4.78, 5) is 9.22. The molecule has 52 valence electrons. The predicted molar refractivity (Wildman–Crippen MR) is 38.4 cm³/mol. The quantitative estimate of drug-likeness (QED) is 0.360. The monoisotopic (exact) mass is 136 g/mol. The van der Waals surface area contributed by atoms with Gasteiger partial charge in [-0.05, 0) is 12.1 Å². The normalized spacial score (nSPS) is 8.40. The molecule has 0 aliphatic rings. The third-order valence-corrected chi connectivity index (χ3v) is 0.956. The Bertz CT molecular complexity index is 194. The molecule has 2 nitrogen and oxygen atoms in total. The van der Waals surface area contributed by atoms with E-state index in [0.29, 0.717) is 5.75 Å². The lowest BCUT2D eigenvalue weighted by Gasteiger charge is -1.98. The van der Waals surface area contributed by atoms with E-state index in [9.17, 15) is 0 Å². The zero-order valence-corrected chi connectivity index (χ0v) is 5.49. The van der Waals surface area contributed by atoms with E-state index in [1.807, 2.05) is 18.2 Å². The van der Waals surface area contributed by atoms with E-state index in [1.54, 1.807) is 12.1 Å². The molecule has 0 fully saturated rings. The summed E-state index contributed by atoms with van der Waals surface area (Å²) < 4.78 is 0. The summed E-state index contributed by atoms with van der Waals surface area (Å²) in [5.74, 6) is 0.669. The molecule has 0 unspecified atom stereocenters. The second-order valence-corrected chi connectivity index (χ2v) is 1.66. The predicted octanol–water partition coefficient (Wildman–Crippen LogP) is 2.14. The molecular weight excluding hydrogens is 128 g/mol. The van der Waals surface area contributed by atoms with Crippen LogP contribution in [0.5, 0.6) is 5.75 Å². The summed E-state index contributed by atoms with van der Waals surface area (Å²) >= 11 is 0. The number of para-hydroxylation sites is 1. The van der Waals surface area contributed by atoms with Gasteiger partial charge in [-0.25, -0.2) is 0 Å². The van der Waals surface area contributed by atoms with E-state index in [1.165, 1.54) is 6.26 Å². The van der Waals surface area contributed by atoms with Crippen molar-refractivity contribution in [1.29, 1.82) is 0 Å². The van der Waals surface area contributed by atoms with Gasteiger partial charge in [-0.1, -0.05) is 24.8 Å². The van der Waals surface area contributed by atoms with Crippen molar-refractivity contribution in [3.63, 3.8) is 0 Å². The Morgan fingerprint density at radius 1 is 1.20 bits per heavy atom. The highest BCUT2D eigenvalue weighted by atomic mass is 17.2. The first-order valence-corrected chi connectivity index (χ1v) is 2.93. The van der Waals surface area contributed by atoms with Gasteiger partial charge in [-0.2, -0.15) is 0 Å². The van der Waals surface area contributed by atoms with Crippen LogP contribution in [0.1, 0.15) is 0 Å². The molecule has 0 saturated carbocycles. The average Bonchev–Trinajstić information content (AvgIpc) is 2.03. The van der Waals surface area contributed by atoms with Gasteiger partial charge in [0, 0.05) is 0 Å². The van der Waals surface area contributed by atoms with E-state index in [-0.39, 0.29) is 0 Å². The molecule has 0 atom stereocenters. The average molecular weight is 136 g/mol. The maximum atomic E-state index is 4.74. The topological polar surface area (TPSA) is 18.5 Å². The van der Waals surface area contributed by atoms with Crippen LogP contribution in [-0.2, 0) is 4.89 Å². The zero-order chi connectivity index (χ0) is 7.23. The number of hydrogen-bond acceptors (Lipinski definition) is 2. The van der Waals surface area contributed by atoms with E-state index >= 15 is 0 Å². The van der Waals surface area contributed by atoms with E-state index < -0.39 is 0 Å². The molecule has 0 amide bonds. The van der Waals surface area contributed by atoms with Gasteiger partial charge in [-0.15, -0.1) is 0 Å². The Kier molecular flexibility index (Phi) is 2.38. The Labute approximate surface area is 59.6 Å². The van der Waals surface area contributed by atoms with Crippen molar-refractivity contribution in [2.24, 2.45) is 0 Å². The molecule has 0 saturated heterocycles. The highest BCUT2D eigenvalue weighted by Crippen LogP contribution is 2.07. The highest BCUT2D eigenvalue weighted by molar-refractivity contribution is 5.20. The molecule has 0 aliphatic carbocycles. The summed E-state index contributed by atoms with van der Waals surface area (Å²) in [6.07, 6.45) is 1.23. The van der Waals surface area contributed by atoms with Gasteiger partial charge in [-0.3, -0.25) is 9.78 Å². The molecule has 0 bridgehead atoms. The number of hydrogen-bond donors (Lipinski definition) is 0. The fraction of sp³-hybridized carbons (Fsp3) is 0. The van der Waals surface area contributed by atoms with Crippen LogP contribution >= 0.6 is 0 Å². The summed E-state index contributed by atoms with van der Waals surface area (Å²) in [6, 6.07) is 9.22. The minimum Gasteiger partial charge on any atom is -0.299 e. The Hall–Kier alpha value is -1.44. The maximum absolute atomic E-state index is 4.74. The zero-order valence-electron chi connectivity index (χ0n) is 5.49. The first kappa shape index (κ1) is 6.68. The van der Waals surface area contributed by atoms with Gasteiger partial charge < -0.3 is 0 Å². The Morgan fingerprint density at radius 3 is 2.50 bits per heavy atom. The fourth-order valence-corrected chi connectivity index (χ4v) is 0.566.